The topological polar surface area (TPSA) is 60.5 Å². The zero-order valence-corrected chi connectivity index (χ0v) is 21.6. The van der Waals surface area contributed by atoms with Gasteiger partial charge in [-0.05, 0) is 48.7 Å². The fraction of sp³-hybridized carbons (Fsp3) is 0.308. The summed E-state index contributed by atoms with van der Waals surface area (Å²) in [5, 5.41) is 3.48. The van der Waals surface area contributed by atoms with Gasteiger partial charge in [-0.2, -0.15) is 0 Å². The molecule has 0 fully saturated rings. The number of anilines is 1. The second-order valence-corrected chi connectivity index (χ2v) is 9.44. The van der Waals surface area contributed by atoms with E-state index >= 15 is 0 Å². The Morgan fingerprint density at radius 2 is 1.91 bits per heavy atom. The molecular formula is C26H29BrN2O3S. The minimum atomic E-state index is -0.229. The normalized spacial score (nSPS) is 11.0. The number of unbranched alkanes of at least 4 members (excludes halogenated alkanes) is 2. The van der Waals surface area contributed by atoms with Crippen LogP contribution < -0.4 is 14.8 Å². The van der Waals surface area contributed by atoms with Crippen molar-refractivity contribution >= 4 is 44.4 Å². The average molecular weight is 530 g/mol. The Morgan fingerprint density at radius 3 is 2.61 bits per heavy atom. The number of hydrogen-bond acceptors (Lipinski definition) is 5. The molecule has 33 heavy (non-hydrogen) atoms. The number of aryl methyl sites for hydroxylation is 1. The van der Waals surface area contributed by atoms with E-state index in [1.807, 2.05) is 42.5 Å². The molecule has 5 nitrogen and oxygen atoms in total. The molecule has 0 spiro atoms. The number of rotatable bonds is 11. The van der Waals surface area contributed by atoms with Gasteiger partial charge in [0.05, 0.1) is 19.4 Å². The summed E-state index contributed by atoms with van der Waals surface area (Å²) >= 11 is 4.96. The van der Waals surface area contributed by atoms with Crippen molar-refractivity contribution in [3.8, 4) is 22.8 Å². The molecule has 3 rings (SSSR count). The Balaban J connectivity index is 1.65. The smallest absolute Gasteiger partial charge is 0.250 e. The maximum atomic E-state index is 12.5. The maximum absolute atomic E-state index is 12.5. The summed E-state index contributed by atoms with van der Waals surface area (Å²) < 4.78 is 12.3. The third-order valence-corrected chi connectivity index (χ3v) is 6.63. The van der Waals surface area contributed by atoms with Gasteiger partial charge in [-0.3, -0.25) is 10.1 Å². The molecule has 2 aromatic carbocycles. The first kappa shape index (κ1) is 25.0. The molecule has 1 heterocycles. The Labute approximate surface area is 208 Å². The molecule has 0 saturated heterocycles. The lowest BCUT2D eigenvalue weighted by Crippen LogP contribution is -2.07. The van der Waals surface area contributed by atoms with Crippen molar-refractivity contribution in [2.75, 3.05) is 19.0 Å². The zero-order valence-electron chi connectivity index (χ0n) is 19.2. The molecule has 0 radical (unpaired) electrons. The molecule has 0 atom stereocenters. The van der Waals surface area contributed by atoms with E-state index in [1.165, 1.54) is 17.4 Å². The lowest BCUT2D eigenvalue weighted by Gasteiger charge is -2.11. The van der Waals surface area contributed by atoms with Crippen LogP contribution in [0.2, 0.25) is 0 Å². The lowest BCUT2D eigenvalue weighted by molar-refractivity contribution is -0.111. The van der Waals surface area contributed by atoms with Crippen LogP contribution in [0.15, 0.2) is 53.0 Å². The first-order valence-electron chi connectivity index (χ1n) is 11.1. The number of amides is 1. The fourth-order valence-electron chi connectivity index (χ4n) is 3.24. The highest BCUT2D eigenvalue weighted by molar-refractivity contribution is 9.10. The van der Waals surface area contributed by atoms with Crippen LogP contribution in [-0.2, 0) is 11.2 Å². The van der Waals surface area contributed by atoms with Crippen molar-refractivity contribution in [2.45, 2.75) is 39.5 Å². The van der Waals surface area contributed by atoms with E-state index in [-0.39, 0.29) is 5.91 Å². The first-order valence-corrected chi connectivity index (χ1v) is 12.7. The molecule has 0 unspecified atom stereocenters. The first-order chi connectivity index (χ1) is 16.0. The van der Waals surface area contributed by atoms with E-state index in [9.17, 15) is 4.79 Å². The summed E-state index contributed by atoms with van der Waals surface area (Å²) in [6, 6.07) is 13.7. The van der Waals surface area contributed by atoms with Gasteiger partial charge in [0.2, 0.25) is 5.91 Å². The number of nitrogens with zero attached hydrogens (tertiary/aromatic N) is 1. The van der Waals surface area contributed by atoms with Crippen molar-refractivity contribution in [1.82, 2.24) is 4.98 Å². The van der Waals surface area contributed by atoms with Gasteiger partial charge < -0.3 is 9.47 Å². The Kier molecular flexibility index (Phi) is 9.51. The molecule has 7 heteroatoms. The number of methoxy groups -OCH3 is 1. The number of carbonyl (C=O) groups excluding carboxylic acids is 1. The largest absolute Gasteiger partial charge is 0.493 e. The Morgan fingerprint density at radius 1 is 1.12 bits per heavy atom. The summed E-state index contributed by atoms with van der Waals surface area (Å²) in [6.07, 6.45) is 7.41. The van der Waals surface area contributed by atoms with E-state index in [1.54, 1.807) is 13.2 Å². The average Bonchev–Trinajstić information content (AvgIpc) is 3.24. The van der Waals surface area contributed by atoms with Gasteiger partial charge in [0, 0.05) is 21.0 Å². The summed E-state index contributed by atoms with van der Waals surface area (Å²) in [6.45, 7) is 4.92. The third kappa shape index (κ3) is 7.17. The molecule has 0 saturated carbocycles. The summed E-state index contributed by atoms with van der Waals surface area (Å²) in [7, 11) is 1.62. The van der Waals surface area contributed by atoms with Gasteiger partial charge in [-0.15, -0.1) is 11.3 Å². The Hall–Kier alpha value is -2.64. The quantitative estimate of drug-likeness (QED) is 0.208. The number of carbonyl (C=O) groups is 1. The molecule has 1 N–H and O–H groups in total. The van der Waals surface area contributed by atoms with Gasteiger partial charge >= 0.3 is 0 Å². The molecule has 0 aliphatic carbocycles. The molecule has 0 aliphatic heterocycles. The van der Waals surface area contributed by atoms with E-state index in [0.717, 1.165) is 51.9 Å². The van der Waals surface area contributed by atoms with Crippen molar-refractivity contribution in [2.24, 2.45) is 0 Å². The van der Waals surface area contributed by atoms with Crippen LogP contribution in [0, 0.1) is 0 Å². The predicted molar refractivity (Wildman–Crippen MR) is 140 cm³/mol. The van der Waals surface area contributed by atoms with Crippen molar-refractivity contribution < 1.29 is 14.3 Å². The molecule has 0 aliphatic rings. The predicted octanol–water partition coefficient (Wildman–Crippen LogP) is 7.36. The second kappa shape index (κ2) is 12.6. The zero-order chi connectivity index (χ0) is 23.6. The third-order valence-electron chi connectivity index (χ3n) is 4.99. The van der Waals surface area contributed by atoms with Crippen LogP contribution >= 0.6 is 27.3 Å². The Bertz CT molecular complexity index is 1090. The summed E-state index contributed by atoms with van der Waals surface area (Å²) in [5.74, 6) is 1.14. The van der Waals surface area contributed by atoms with Crippen LogP contribution in [0.5, 0.6) is 11.5 Å². The number of aromatic nitrogens is 1. The van der Waals surface area contributed by atoms with Crippen LogP contribution in [0.3, 0.4) is 0 Å². The van der Waals surface area contributed by atoms with E-state index in [4.69, 9.17) is 9.47 Å². The molecular weight excluding hydrogens is 500 g/mol. The van der Waals surface area contributed by atoms with Crippen molar-refractivity contribution in [3.63, 3.8) is 0 Å². The van der Waals surface area contributed by atoms with Crippen LogP contribution in [-0.4, -0.2) is 24.6 Å². The highest BCUT2D eigenvalue weighted by atomic mass is 79.9. The van der Waals surface area contributed by atoms with E-state index in [0.29, 0.717) is 23.2 Å². The molecule has 1 aromatic heterocycles. The SMILES string of the molecule is CCCCCOc1ccc(/C=C/C(=O)Nc2nc(-c3ccc(Br)cc3)c(CC)s2)cc1OC. The summed E-state index contributed by atoms with van der Waals surface area (Å²) in [4.78, 5) is 18.3. The van der Waals surface area contributed by atoms with Gasteiger partial charge in [-0.1, -0.05) is 60.8 Å². The van der Waals surface area contributed by atoms with Crippen molar-refractivity contribution in [1.29, 1.82) is 0 Å². The summed E-state index contributed by atoms with van der Waals surface area (Å²) in [5.41, 5.74) is 2.80. The van der Waals surface area contributed by atoms with Crippen LogP contribution in [0.4, 0.5) is 5.13 Å². The highest BCUT2D eigenvalue weighted by Gasteiger charge is 2.13. The molecule has 174 valence electrons. The molecule has 3 aromatic rings. The number of benzene rings is 2. The number of thiazole rings is 1. The van der Waals surface area contributed by atoms with Gasteiger partial charge in [0.1, 0.15) is 0 Å². The highest BCUT2D eigenvalue weighted by Crippen LogP contribution is 2.32. The van der Waals surface area contributed by atoms with E-state index in [2.05, 4.69) is 40.1 Å². The maximum Gasteiger partial charge on any atom is 0.250 e. The van der Waals surface area contributed by atoms with Crippen LogP contribution in [0.1, 0.15) is 43.6 Å². The van der Waals surface area contributed by atoms with Gasteiger partial charge in [0.15, 0.2) is 16.6 Å². The second-order valence-electron chi connectivity index (χ2n) is 7.44. The molecule has 1 amide bonds. The number of hydrogen-bond donors (Lipinski definition) is 1. The number of halogens is 1. The van der Waals surface area contributed by atoms with Crippen molar-refractivity contribution in [3.05, 3.63) is 63.5 Å². The van der Waals surface area contributed by atoms with Crippen LogP contribution in [0.25, 0.3) is 17.3 Å². The molecule has 0 bridgehead atoms. The minimum Gasteiger partial charge on any atom is -0.493 e. The minimum absolute atomic E-state index is 0.229. The van der Waals surface area contributed by atoms with Gasteiger partial charge in [0.25, 0.3) is 0 Å². The fourth-order valence-corrected chi connectivity index (χ4v) is 4.43. The standard InChI is InChI=1S/C26H29BrN2O3S/c1-4-6-7-16-32-21-14-8-18(17-22(21)31-3)9-15-24(30)28-26-29-25(23(5-2)33-26)19-10-12-20(27)13-11-19/h8-15,17H,4-7,16H2,1-3H3,(H,28,29,30)/b15-9+. The number of ether oxygens (including phenoxy) is 2. The monoisotopic (exact) mass is 528 g/mol. The lowest BCUT2D eigenvalue weighted by atomic mass is 10.1. The number of nitrogens with one attached hydrogen (secondary N) is 1. The van der Waals surface area contributed by atoms with Gasteiger partial charge in [-0.25, -0.2) is 4.98 Å². The van der Waals surface area contributed by atoms with E-state index < -0.39 is 0 Å².